The molecule has 0 radical (unpaired) electrons. The molecule has 1 amide bonds. The number of amides is 1. The van der Waals surface area contributed by atoms with Gasteiger partial charge in [0, 0.05) is 18.9 Å². The van der Waals surface area contributed by atoms with Gasteiger partial charge in [0.05, 0.1) is 0 Å². The van der Waals surface area contributed by atoms with E-state index in [9.17, 15) is 9.59 Å². The van der Waals surface area contributed by atoms with Gasteiger partial charge in [-0.05, 0) is 44.4 Å². The van der Waals surface area contributed by atoms with Gasteiger partial charge in [0.2, 0.25) is 5.91 Å². The molecule has 2 N–H and O–H groups in total. The Morgan fingerprint density at radius 2 is 1.67 bits per heavy atom. The smallest absolute Gasteiger partial charge is 0.303 e. The Morgan fingerprint density at radius 1 is 1.05 bits per heavy atom. The summed E-state index contributed by atoms with van der Waals surface area (Å²) in [6.07, 6.45) is 11.2. The van der Waals surface area contributed by atoms with Crippen LogP contribution < -0.4 is 5.32 Å². The Labute approximate surface area is 128 Å². The van der Waals surface area contributed by atoms with Crippen molar-refractivity contribution in [1.29, 1.82) is 0 Å². The zero-order chi connectivity index (χ0) is 15.5. The summed E-state index contributed by atoms with van der Waals surface area (Å²) in [6.45, 7) is 4.57. The van der Waals surface area contributed by atoms with Gasteiger partial charge in [0.1, 0.15) is 0 Å². The topological polar surface area (TPSA) is 66.4 Å². The summed E-state index contributed by atoms with van der Waals surface area (Å²) in [5.41, 5.74) is 0. The second-order valence-corrected chi connectivity index (χ2v) is 6.05. The third-order valence-corrected chi connectivity index (χ3v) is 4.34. The highest BCUT2D eigenvalue weighted by atomic mass is 16.4. The lowest BCUT2D eigenvalue weighted by Gasteiger charge is -2.25. The van der Waals surface area contributed by atoms with Crippen molar-refractivity contribution >= 4 is 11.9 Å². The van der Waals surface area contributed by atoms with Gasteiger partial charge in [-0.2, -0.15) is 0 Å². The van der Waals surface area contributed by atoms with Crippen LogP contribution in [0.15, 0.2) is 12.7 Å². The fraction of sp³-hybridized carbons (Fsp3) is 0.765. The minimum absolute atomic E-state index is 0.191. The third-order valence-electron chi connectivity index (χ3n) is 4.34. The summed E-state index contributed by atoms with van der Waals surface area (Å²) in [7, 11) is 0. The maximum absolute atomic E-state index is 12.0. The Kier molecular flexibility index (Phi) is 8.79. The average Bonchev–Trinajstić information content (AvgIpc) is 2.49. The number of carboxylic acids is 1. The number of hydrogen-bond acceptors (Lipinski definition) is 2. The van der Waals surface area contributed by atoms with Gasteiger partial charge in [-0.25, -0.2) is 0 Å². The molecule has 120 valence electrons. The monoisotopic (exact) mass is 295 g/mol. The van der Waals surface area contributed by atoms with E-state index in [0.29, 0.717) is 5.92 Å². The summed E-state index contributed by atoms with van der Waals surface area (Å²) < 4.78 is 0. The number of aliphatic carboxylic acids is 1. The van der Waals surface area contributed by atoms with Gasteiger partial charge >= 0.3 is 5.97 Å². The molecule has 1 rings (SSSR count). The predicted molar refractivity (Wildman–Crippen MR) is 84.0 cm³/mol. The number of hydrogen-bond donors (Lipinski definition) is 2. The van der Waals surface area contributed by atoms with Gasteiger partial charge in [-0.1, -0.05) is 25.3 Å². The molecule has 0 aliphatic heterocycles. The van der Waals surface area contributed by atoms with Gasteiger partial charge in [-0.3, -0.25) is 9.59 Å². The van der Waals surface area contributed by atoms with E-state index in [1.165, 1.54) is 0 Å². The van der Waals surface area contributed by atoms with Crippen LogP contribution in [0.3, 0.4) is 0 Å². The van der Waals surface area contributed by atoms with E-state index in [1.54, 1.807) is 0 Å². The van der Waals surface area contributed by atoms with Gasteiger partial charge in [-0.15, -0.1) is 6.58 Å². The van der Waals surface area contributed by atoms with Crippen molar-refractivity contribution in [3.8, 4) is 0 Å². The first-order valence-corrected chi connectivity index (χ1v) is 8.25. The second-order valence-electron chi connectivity index (χ2n) is 6.05. The van der Waals surface area contributed by atoms with Crippen molar-refractivity contribution in [2.75, 3.05) is 6.54 Å². The lowest BCUT2D eigenvalue weighted by atomic mass is 9.81. The Bertz CT molecular complexity index is 333. The standard InChI is InChI=1S/C17H29NO3/c1-2-14-9-11-15(12-10-14)17(21)18-13-7-5-3-4-6-8-16(19)20/h2,14-15H,1,3-13H2,(H,18,21)(H,19,20). The Morgan fingerprint density at radius 3 is 2.29 bits per heavy atom. The van der Waals surface area contributed by atoms with Crippen molar-refractivity contribution in [1.82, 2.24) is 5.32 Å². The molecule has 1 saturated carbocycles. The largest absolute Gasteiger partial charge is 0.481 e. The maximum Gasteiger partial charge on any atom is 0.303 e. The molecule has 0 saturated heterocycles. The molecule has 0 aromatic rings. The Hall–Kier alpha value is -1.32. The van der Waals surface area contributed by atoms with Crippen LogP contribution in [0.4, 0.5) is 0 Å². The van der Waals surface area contributed by atoms with Crippen LogP contribution in [0, 0.1) is 11.8 Å². The summed E-state index contributed by atoms with van der Waals surface area (Å²) in [6, 6.07) is 0. The Balaban J connectivity index is 1.96. The number of allylic oxidation sites excluding steroid dienone is 1. The van der Waals surface area contributed by atoms with Crippen LogP contribution in [0.2, 0.25) is 0 Å². The third kappa shape index (κ3) is 7.88. The fourth-order valence-electron chi connectivity index (χ4n) is 2.90. The fourth-order valence-corrected chi connectivity index (χ4v) is 2.90. The van der Waals surface area contributed by atoms with Crippen molar-refractivity contribution in [2.24, 2.45) is 11.8 Å². The highest BCUT2D eigenvalue weighted by Gasteiger charge is 2.24. The minimum Gasteiger partial charge on any atom is -0.481 e. The highest BCUT2D eigenvalue weighted by molar-refractivity contribution is 5.78. The molecule has 0 aromatic heterocycles. The normalized spacial score (nSPS) is 21.7. The highest BCUT2D eigenvalue weighted by Crippen LogP contribution is 2.29. The number of carboxylic acid groups (broad SMARTS) is 1. The molecule has 1 aliphatic rings. The first-order chi connectivity index (χ1) is 10.1. The molecule has 1 aliphatic carbocycles. The van der Waals surface area contributed by atoms with Crippen LogP contribution in [0.5, 0.6) is 0 Å². The summed E-state index contributed by atoms with van der Waals surface area (Å²) >= 11 is 0. The summed E-state index contributed by atoms with van der Waals surface area (Å²) in [5, 5.41) is 11.6. The predicted octanol–water partition coefficient (Wildman–Crippen LogP) is 3.52. The first kappa shape index (κ1) is 17.7. The van der Waals surface area contributed by atoms with E-state index >= 15 is 0 Å². The molecule has 0 spiro atoms. The van der Waals surface area contributed by atoms with E-state index in [2.05, 4.69) is 11.9 Å². The van der Waals surface area contributed by atoms with Gasteiger partial charge < -0.3 is 10.4 Å². The van der Waals surface area contributed by atoms with Crippen molar-refractivity contribution in [3.63, 3.8) is 0 Å². The second kappa shape index (κ2) is 10.4. The maximum atomic E-state index is 12.0. The van der Waals surface area contributed by atoms with Gasteiger partial charge in [0.25, 0.3) is 0 Å². The molecule has 0 aromatic carbocycles. The molecule has 0 heterocycles. The molecule has 4 heteroatoms. The number of carbonyl (C=O) groups excluding carboxylic acids is 1. The van der Waals surface area contributed by atoms with Crippen LogP contribution in [0.1, 0.15) is 64.2 Å². The van der Waals surface area contributed by atoms with E-state index in [-0.39, 0.29) is 18.2 Å². The summed E-state index contributed by atoms with van der Waals surface area (Å²) in [4.78, 5) is 22.3. The zero-order valence-electron chi connectivity index (χ0n) is 13.0. The molecule has 0 atom stereocenters. The van der Waals surface area contributed by atoms with Crippen molar-refractivity contribution in [2.45, 2.75) is 64.2 Å². The number of rotatable bonds is 10. The molecule has 0 bridgehead atoms. The number of unbranched alkanes of at least 4 members (excludes halogenated alkanes) is 4. The van der Waals surface area contributed by atoms with Gasteiger partial charge in [0.15, 0.2) is 0 Å². The van der Waals surface area contributed by atoms with Crippen LogP contribution in [-0.4, -0.2) is 23.5 Å². The average molecular weight is 295 g/mol. The summed E-state index contributed by atoms with van der Waals surface area (Å²) in [5.74, 6) is 0.286. The lowest BCUT2D eigenvalue weighted by Crippen LogP contribution is -2.33. The minimum atomic E-state index is -0.714. The van der Waals surface area contributed by atoms with E-state index < -0.39 is 5.97 Å². The van der Waals surface area contributed by atoms with Crippen molar-refractivity contribution < 1.29 is 14.7 Å². The van der Waals surface area contributed by atoms with Crippen LogP contribution in [0.25, 0.3) is 0 Å². The van der Waals surface area contributed by atoms with Crippen LogP contribution >= 0.6 is 0 Å². The van der Waals surface area contributed by atoms with E-state index in [1.807, 2.05) is 6.08 Å². The molecule has 1 fully saturated rings. The molecule has 21 heavy (non-hydrogen) atoms. The number of carbonyl (C=O) groups is 2. The van der Waals surface area contributed by atoms with E-state index in [4.69, 9.17) is 5.11 Å². The zero-order valence-corrected chi connectivity index (χ0v) is 13.0. The molecular formula is C17H29NO3. The molecule has 0 unspecified atom stereocenters. The lowest BCUT2D eigenvalue weighted by molar-refractivity contribution is -0.137. The molecule has 4 nitrogen and oxygen atoms in total. The number of nitrogens with one attached hydrogen (secondary N) is 1. The quantitative estimate of drug-likeness (QED) is 0.478. The SMILES string of the molecule is C=CC1CCC(C(=O)NCCCCCCCC(=O)O)CC1. The van der Waals surface area contributed by atoms with Crippen LogP contribution in [-0.2, 0) is 9.59 Å². The van der Waals surface area contributed by atoms with E-state index in [0.717, 1.165) is 64.3 Å². The molecular weight excluding hydrogens is 266 g/mol. The first-order valence-electron chi connectivity index (χ1n) is 8.25. The van der Waals surface area contributed by atoms with Crippen molar-refractivity contribution in [3.05, 3.63) is 12.7 Å².